The minimum Gasteiger partial charge on any atom is -0.494 e. The molecule has 0 radical (unpaired) electrons. The maximum atomic E-state index is 10.6. The first-order chi connectivity index (χ1) is 10.2. The SMILES string of the molecule is CC(c1cccc(OCCCNC=O)c1)[N+]1(O)CCCC1. The molecule has 2 rings (SSSR count). The van der Waals surface area contributed by atoms with Crippen molar-refractivity contribution in [2.75, 3.05) is 26.2 Å². The number of ether oxygens (including phenoxy) is 1. The lowest BCUT2D eigenvalue weighted by molar-refractivity contribution is -1.12. The van der Waals surface area contributed by atoms with Gasteiger partial charge in [0.2, 0.25) is 6.41 Å². The molecule has 1 amide bonds. The first-order valence-electron chi connectivity index (χ1n) is 7.65. The van der Waals surface area contributed by atoms with Crippen molar-refractivity contribution >= 4 is 6.41 Å². The Morgan fingerprint density at radius 2 is 2.19 bits per heavy atom. The Bertz CT molecular complexity index is 459. The smallest absolute Gasteiger partial charge is 0.207 e. The van der Waals surface area contributed by atoms with Gasteiger partial charge in [-0.2, -0.15) is 4.65 Å². The number of likely N-dealkylation sites (tertiary alicyclic amines) is 1. The van der Waals surface area contributed by atoms with Gasteiger partial charge < -0.3 is 10.1 Å². The molecule has 5 heteroatoms. The lowest BCUT2D eigenvalue weighted by Gasteiger charge is -2.31. The predicted molar refractivity (Wildman–Crippen MR) is 80.1 cm³/mol. The summed E-state index contributed by atoms with van der Waals surface area (Å²) in [5.41, 5.74) is 1.10. The molecule has 116 valence electrons. The third kappa shape index (κ3) is 4.19. The molecular formula is C16H25N2O3+. The quantitative estimate of drug-likeness (QED) is 0.439. The van der Waals surface area contributed by atoms with E-state index < -0.39 is 0 Å². The highest BCUT2D eigenvalue weighted by Crippen LogP contribution is 2.32. The number of rotatable bonds is 8. The molecule has 2 N–H and O–H groups in total. The number of carbonyl (C=O) groups is 1. The summed E-state index contributed by atoms with van der Waals surface area (Å²) in [6.45, 7) is 4.90. The highest BCUT2D eigenvalue weighted by Gasteiger charge is 2.37. The molecule has 1 unspecified atom stereocenters. The lowest BCUT2D eigenvalue weighted by Crippen LogP contribution is -2.43. The van der Waals surface area contributed by atoms with Crippen molar-refractivity contribution < 1.29 is 19.4 Å². The van der Waals surface area contributed by atoms with Gasteiger partial charge in [0.05, 0.1) is 6.61 Å². The zero-order valence-electron chi connectivity index (χ0n) is 12.6. The monoisotopic (exact) mass is 293 g/mol. The third-order valence-corrected chi connectivity index (χ3v) is 4.22. The van der Waals surface area contributed by atoms with Crippen LogP contribution < -0.4 is 10.1 Å². The van der Waals surface area contributed by atoms with Crippen molar-refractivity contribution in [2.45, 2.75) is 32.2 Å². The van der Waals surface area contributed by atoms with Crippen LogP contribution in [0.4, 0.5) is 0 Å². The van der Waals surface area contributed by atoms with E-state index in [-0.39, 0.29) is 10.7 Å². The fraction of sp³-hybridized carbons (Fsp3) is 0.562. The number of carbonyl (C=O) groups excluding carboxylic acids is 1. The second-order valence-electron chi connectivity index (χ2n) is 5.66. The fourth-order valence-corrected chi connectivity index (χ4v) is 2.84. The van der Waals surface area contributed by atoms with Gasteiger partial charge in [-0.25, -0.2) is 5.21 Å². The van der Waals surface area contributed by atoms with Crippen LogP contribution in [0.5, 0.6) is 5.75 Å². The predicted octanol–water partition coefficient (Wildman–Crippen LogP) is 2.26. The standard InChI is InChI=1S/C16H24N2O3/c1-14(18(20)9-2-3-10-18)15-6-4-7-16(12-15)21-11-5-8-17-13-19/h4,6-7,12-14,20H,2-3,5,8-11H2,1H3/p+1. The van der Waals surface area contributed by atoms with Gasteiger partial charge in [0, 0.05) is 24.9 Å². The Morgan fingerprint density at radius 1 is 1.43 bits per heavy atom. The Morgan fingerprint density at radius 3 is 2.90 bits per heavy atom. The summed E-state index contributed by atoms with van der Waals surface area (Å²) in [5.74, 6) is 0.816. The zero-order chi connectivity index (χ0) is 15.1. The summed E-state index contributed by atoms with van der Waals surface area (Å²) < 4.78 is 5.83. The van der Waals surface area contributed by atoms with Crippen molar-refractivity contribution in [1.82, 2.24) is 5.32 Å². The number of benzene rings is 1. The molecule has 0 saturated carbocycles. The number of quaternary nitrogens is 1. The molecule has 1 heterocycles. The lowest BCUT2D eigenvalue weighted by atomic mass is 10.1. The highest BCUT2D eigenvalue weighted by atomic mass is 16.5. The normalized spacial score (nSPS) is 18.2. The minimum absolute atomic E-state index is 0.0628. The third-order valence-electron chi connectivity index (χ3n) is 4.22. The van der Waals surface area contributed by atoms with E-state index in [2.05, 4.69) is 12.2 Å². The summed E-state index contributed by atoms with van der Waals surface area (Å²) >= 11 is 0. The van der Waals surface area contributed by atoms with Crippen LogP contribution in [-0.2, 0) is 4.79 Å². The number of nitrogens with zero attached hydrogens (tertiary/aromatic N) is 1. The molecule has 1 aliphatic heterocycles. The average molecular weight is 293 g/mol. The summed E-state index contributed by atoms with van der Waals surface area (Å²) in [6, 6.07) is 8.00. The van der Waals surface area contributed by atoms with Crippen molar-refractivity contribution in [3.8, 4) is 5.75 Å². The summed E-state index contributed by atoms with van der Waals surface area (Å²) in [7, 11) is 0. The van der Waals surface area contributed by atoms with Crippen LogP contribution in [0.25, 0.3) is 0 Å². The molecule has 0 aliphatic carbocycles. The second kappa shape index (κ2) is 7.43. The summed E-state index contributed by atoms with van der Waals surface area (Å²) in [5, 5.41) is 13.2. The molecule has 0 spiro atoms. The van der Waals surface area contributed by atoms with Crippen molar-refractivity contribution in [2.24, 2.45) is 0 Å². The van der Waals surface area contributed by atoms with E-state index >= 15 is 0 Å². The molecule has 0 bridgehead atoms. The first kappa shape index (κ1) is 15.8. The Balaban J connectivity index is 1.92. The fourth-order valence-electron chi connectivity index (χ4n) is 2.84. The van der Waals surface area contributed by atoms with Crippen LogP contribution in [0.2, 0.25) is 0 Å². The van der Waals surface area contributed by atoms with E-state index in [0.717, 1.165) is 43.7 Å². The topological polar surface area (TPSA) is 58.6 Å². The minimum atomic E-state index is 0.0628. The van der Waals surface area contributed by atoms with Crippen LogP contribution in [0.1, 0.15) is 37.8 Å². The number of hydrogen-bond acceptors (Lipinski definition) is 3. The summed E-state index contributed by atoms with van der Waals surface area (Å²) in [4.78, 5) is 10.1. The number of hydroxylamine groups is 3. The van der Waals surface area contributed by atoms with Crippen LogP contribution in [0.3, 0.4) is 0 Å². The molecule has 1 fully saturated rings. The van der Waals surface area contributed by atoms with Crippen LogP contribution >= 0.6 is 0 Å². The van der Waals surface area contributed by atoms with Gasteiger partial charge in [-0.15, -0.1) is 0 Å². The molecule has 1 aromatic rings. The van der Waals surface area contributed by atoms with Gasteiger partial charge in [-0.3, -0.25) is 4.79 Å². The second-order valence-corrected chi connectivity index (χ2v) is 5.66. The van der Waals surface area contributed by atoms with Crippen LogP contribution in [0.15, 0.2) is 24.3 Å². The van der Waals surface area contributed by atoms with Gasteiger partial charge in [0.1, 0.15) is 24.9 Å². The number of hydrogen-bond donors (Lipinski definition) is 2. The Labute approximate surface area is 126 Å². The van der Waals surface area contributed by atoms with Gasteiger partial charge in [0.15, 0.2) is 0 Å². The first-order valence-corrected chi connectivity index (χ1v) is 7.65. The Hall–Kier alpha value is -1.59. The molecule has 0 aromatic heterocycles. The molecule has 21 heavy (non-hydrogen) atoms. The van der Waals surface area contributed by atoms with Crippen LogP contribution in [-0.4, -0.2) is 42.5 Å². The van der Waals surface area contributed by atoms with E-state index in [4.69, 9.17) is 4.74 Å². The van der Waals surface area contributed by atoms with Crippen molar-refractivity contribution in [3.05, 3.63) is 29.8 Å². The van der Waals surface area contributed by atoms with E-state index in [1.54, 1.807) is 0 Å². The highest BCUT2D eigenvalue weighted by molar-refractivity contribution is 5.45. The van der Waals surface area contributed by atoms with Crippen molar-refractivity contribution in [3.63, 3.8) is 0 Å². The van der Waals surface area contributed by atoms with E-state index in [1.807, 2.05) is 24.3 Å². The van der Waals surface area contributed by atoms with E-state index in [1.165, 1.54) is 0 Å². The number of nitrogens with one attached hydrogen (secondary N) is 1. The van der Waals surface area contributed by atoms with Gasteiger partial charge in [-0.05, 0) is 25.5 Å². The van der Waals surface area contributed by atoms with Crippen LogP contribution in [0, 0.1) is 0 Å². The van der Waals surface area contributed by atoms with Gasteiger partial charge >= 0.3 is 0 Å². The van der Waals surface area contributed by atoms with E-state index in [0.29, 0.717) is 19.6 Å². The summed E-state index contributed by atoms with van der Waals surface area (Å²) in [6.07, 6.45) is 3.64. The number of amides is 1. The maximum absolute atomic E-state index is 10.6. The maximum Gasteiger partial charge on any atom is 0.207 e. The molecule has 1 aromatic carbocycles. The molecular weight excluding hydrogens is 268 g/mol. The van der Waals surface area contributed by atoms with Crippen molar-refractivity contribution in [1.29, 1.82) is 0 Å². The molecule has 5 nitrogen and oxygen atoms in total. The molecule has 1 saturated heterocycles. The van der Waals surface area contributed by atoms with Gasteiger partial charge in [0.25, 0.3) is 0 Å². The molecule has 1 atom stereocenters. The van der Waals surface area contributed by atoms with Gasteiger partial charge in [-0.1, -0.05) is 12.1 Å². The molecule has 1 aliphatic rings. The largest absolute Gasteiger partial charge is 0.494 e. The zero-order valence-corrected chi connectivity index (χ0v) is 12.6. The Kier molecular flexibility index (Phi) is 5.59. The average Bonchev–Trinajstić information content (AvgIpc) is 2.95. The van der Waals surface area contributed by atoms with E-state index in [9.17, 15) is 10.0 Å².